The first-order chi connectivity index (χ1) is 14.4. The van der Waals surface area contributed by atoms with Crippen LogP contribution in [0.4, 0.5) is 5.69 Å². The number of anilines is 1. The predicted molar refractivity (Wildman–Crippen MR) is 126 cm³/mol. The number of thiophene rings is 1. The molecular weight excluding hydrogens is 438 g/mol. The second-order valence-corrected chi connectivity index (χ2v) is 9.37. The fourth-order valence-corrected chi connectivity index (χ4v) is 4.93. The minimum atomic E-state index is -0.459. The van der Waals surface area contributed by atoms with Crippen LogP contribution in [0.1, 0.15) is 12.5 Å². The monoisotopic (exact) mass is 455 g/mol. The van der Waals surface area contributed by atoms with Gasteiger partial charge in [0.15, 0.2) is 5.16 Å². The van der Waals surface area contributed by atoms with E-state index in [1.165, 1.54) is 23.1 Å². The van der Waals surface area contributed by atoms with E-state index in [0.717, 1.165) is 16.7 Å². The fourth-order valence-electron chi connectivity index (χ4n) is 2.95. The number of hydrogen-bond donors (Lipinski definition) is 2. The number of thioether (sulfide) groups is 1. The molecule has 1 unspecified atom stereocenters. The molecule has 0 saturated carbocycles. The van der Waals surface area contributed by atoms with Crippen molar-refractivity contribution in [3.8, 4) is 11.1 Å². The Hall–Kier alpha value is -2.61. The fraction of sp³-hybridized carbons (Fsp3) is 0.136. The third-order valence-electron chi connectivity index (χ3n) is 4.60. The molecular formula is C22H18ClN3O2S2. The van der Waals surface area contributed by atoms with Gasteiger partial charge < -0.3 is 10.3 Å². The highest BCUT2D eigenvalue weighted by Gasteiger charge is 2.19. The third-order valence-corrected chi connectivity index (χ3v) is 6.87. The Kier molecular flexibility index (Phi) is 5.94. The summed E-state index contributed by atoms with van der Waals surface area (Å²) in [5.41, 5.74) is 3.20. The van der Waals surface area contributed by atoms with Crippen molar-refractivity contribution in [3.63, 3.8) is 0 Å². The number of rotatable bonds is 5. The summed E-state index contributed by atoms with van der Waals surface area (Å²) < 4.78 is 0. The second-order valence-electron chi connectivity index (χ2n) is 6.78. The van der Waals surface area contributed by atoms with E-state index in [1.54, 1.807) is 19.1 Å². The number of benzene rings is 2. The van der Waals surface area contributed by atoms with Crippen LogP contribution in [0.3, 0.4) is 0 Å². The highest BCUT2D eigenvalue weighted by molar-refractivity contribution is 8.00. The molecule has 2 N–H and O–H groups in total. The lowest BCUT2D eigenvalue weighted by Crippen LogP contribution is -2.23. The van der Waals surface area contributed by atoms with Crippen molar-refractivity contribution in [3.05, 3.63) is 74.9 Å². The van der Waals surface area contributed by atoms with Gasteiger partial charge in [0, 0.05) is 21.7 Å². The predicted octanol–water partition coefficient (Wildman–Crippen LogP) is 5.73. The summed E-state index contributed by atoms with van der Waals surface area (Å²) in [7, 11) is 0. The zero-order valence-corrected chi connectivity index (χ0v) is 18.6. The Labute approximate surface area is 186 Å². The van der Waals surface area contributed by atoms with Crippen LogP contribution in [0.2, 0.25) is 5.02 Å². The molecule has 0 aliphatic heterocycles. The van der Waals surface area contributed by atoms with E-state index in [0.29, 0.717) is 26.1 Å². The average Bonchev–Trinajstić information content (AvgIpc) is 3.16. The summed E-state index contributed by atoms with van der Waals surface area (Å²) in [4.78, 5) is 33.3. The maximum Gasteiger partial charge on any atom is 0.260 e. The summed E-state index contributed by atoms with van der Waals surface area (Å²) in [6.07, 6.45) is 0. The van der Waals surface area contributed by atoms with Gasteiger partial charge in [-0.25, -0.2) is 4.98 Å². The maximum atomic E-state index is 12.7. The summed E-state index contributed by atoms with van der Waals surface area (Å²) in [6.45, 7) is 3.67. The molecule has 4 rings (SSSR count). The topological polar surface area (TPSA) is 74.8 Å². The number of fused-ring (bicyclic) bond motifs is 1. The summed E-state index contributed by atoms with van der Waals surface area (Å²) in [5, 5.41) is 5.91. The first-order valence-electron chi connectivity index (χ1n) is 9.23. The lowest BCUT2D eigenvalue weighted by Gasteiger charge is -2.12. The van der Waals surface area contributed by atoms with Gasteiger partial charge in [-0.15, -0.1) is 11.3 Å². The van der Waals surface area contributed by atoms with Gasteiger partial charge in [0.1, 0.15) is 4.83 Å². The van der Waals surface area contributed by atoms with Crippen LogP contribution < -0.4 is 10.9 Å². The Bertz CT molecular complexity index is 1280. The summed E-state index contributed by atoms with van der Waals surface area (Å²) >= 11 is 8.75. The normalized spacial score (nSPS) is 12.1. The van der Waals surface area contributed by atoms with Crippen molar-refractivity contribution in [2.45, 2.75) is 24.3 Å². The van der Waals surface area contributed by atoms with Crippen LogP contribution in [0, 0.1) is 6.92 Å². The highest BCUT2D eigenvalue weighted by Crippen LogP contribution is 2.32. The van der Waals surface area contributed by atoms with E-state index in [-0.39, 0.29) is 11.5 Å². The van der Waals surface area contributed by atoms with Gasteiger partial charge >= 0.3 is 0 Å². The number of amides is 1. The lowest BCUT2D eigenvalue weighted by molar-refractivity contribution is -0.115. The van der Waals surface area contributed by atoms with Crippen LogP contribution in [0.15, 0.2) is 63.9 Å². The van der Waals surface area contributed by atoms with Gasteiger partial charge in [-0.05, 0) is 37.1 Å². The Morgan fingerprint density at radius 1 is 1.23 bits per heavy atom. The number of carbonyl (C=O) groups is 1. The lowest BCUT2D eigenvalue weighted by atomic mass is 10.1. The Balaban J connectivity index is 1.54. The minimum absolute atomic E-state index is 0.196. The van der Waals surface area contributed by atoms with E-state index < -0.39 is 5.25 Å². The molecule has 1 atom stereocenters. The van der Waals surface area contributed by atoms with Crippen LogP contribution in [-0.2, 0) is 4.79 Å². The number of carbonyl (C=O) groups excluding carboxylic acids is 1. The number of aromatic amines is 1. The molecule has 30 heavy (non-hydrogen) atoms. The van der Waals surface area contributed by atoms with Crippen molar-refractivity contribution in [1.82, 2.24) is 9.97 Å². The van der Waals surface area contributed by atoms with E-state index in [1.807, 2.05) is 48.7 Å². The molecule has 0 bridgehead atoms. The molecule has 4 aromatic rings. The molecule has 8 heteroatoms. The average molecular weight is 456 g/mol. The third kappa shape index (κ3) is 4.28. The van der Waals surface area contributed by atoms with E-state index in [2.05, 4.69) is 15.3 Å². The van der Waals surface area contributed by atoms with Crippen LogP contribution >= 0.6 is 34.7 Å². The largest absolute Gasteiger partial charge is 0.325 e. The van der Waals surface area contributed by atoms with E-state index in [9.17, 15) is 9.59 Å². The molecule has 5 nitrogen and oxygen atoms in total. The van der Waals surface area contributed by atoms with E-state index >= 15 is 0 Å². The minimum Gasteiger partial charge on any atom is -0.325 e. The van der Waals surface area contributed by atoms with Gasteiger partial charge in [-0.1, -0.05) is 59.8 Å². The zero-order chi connectivity index (χ0) is 21.3. The van der Waals surface area contributed by atoms with Gasteiger partial charge in [-0.3, -0.25) is 9.59 Å². The van der Waals surface area contributed by atoms with Crippen LogP contribution in [0.5, 0.6) is 0 Å². The molecule has 0 aliphatic rings. The Morgan fingerprint density at radius 3 is 2.73 bits per heavy atom. The molecule has 0 saturated heterocycles. The highest BCUT2D eigenvalue weighted by atomic mass is 35.5. The van der Waals surface area contributed by atoms with Crippen molar-refractivity contribution >= 4 is 56.5 Å². The number of hydrogen-bond acceptors (Lipinski definition) is 5. The molecule has 1 amide bonds. The number of aryl methyl sites for hydroxylation is 1. The molecule has 0 spiro atoms. The number of nitrogens with one attached hydrogen (secondary N) is 2. The number of H-pyrrole nitrogens is 1. The number of nitrogens with zero attached hydrogens (tertiary/aromatic N) is 1. The van der Waals surface area contributed by atoms with Crippen molar-refractivity contribution in [1.29, 1.82) is 0 Å². The van der Waals surface area contributed by atoms with Gasteiger partial charge in [0.25, 0.3) is 5.56 Å². The van der Waals surface area contributed by atoms with E-state index in [4.69, 9.17) is 11.6 Å². The molecule has 0 radical (unpaired) electrons. The quantitative estimate of drug-likeness (QED) is 0.297. The molecule has 0 fully saturated rings. The molecule has 0 aliphatic carbocycles. The molecule has 2 heterocycles. The summed E-state index contributed by atoms with van der Waals surface area (Å²) in [6, 6.07) is 15.1. The Morgan fingerprint density at radius 2 is 2.00 bits per heavy atom. The molecule has 2 aromatic heterocycles. The SMILES string of the molecule is Cc1ccc(NC(=O)C(C)Sc2nc3scc(-c4ccccc4)c3c(=O)[nH]2)cc1Cl. The molecule has 152 valence electrons. The number of aromatic nitrogens is 2. The smallest absolute Gasteiger partial charge is 0.260 e. The maximum absolute atomic E-state index is 12.7. The van der Waals surface area contributed by atoms with Crippen LogP contribution in [0.25, 0.3) is 21.3 Å². The van der Waals surface area contributed by atoms with Gasteiger partial charge in [-0.2, -0.15) is 0 Å². The van der Waals surface area contributed by atoms with Crippen LogP contribution in [-0.4, -0.2) is 21.1 Å². The first-order valence-corrected chi connectivity index (χ1v) is 11.4. The van der Waals surface area contributed by atoms with Crippen molar-refractivity contribution in [2.75, 3.05) is 5.32 Å². The second kappa shape index (κ2) is 8.63. The van der Waals surface area contributed by atoms with Crippen molar-refractivity contribution in [2.24, 2.45) is 0 Å². The summed E-state index contributed by atoms with van der Waals surface area (Å²) in [5.74, 6) is -0.196. The van der Waals surface area contributed by atoms with Gasteiger partial charge in [0.05, 0.1) is 10.6 Å². The standard InChI is InChI=1S/C22H18ClN3O2S2/c1-12-8-9-15(10-17(12)23)24-19(27)13(2)30-22-25-20(28)18-16(11-29-21(18)26-22)14-6-4-3-5-7-14/h3-11,13H,1-2H3,(H,24,27)(H,25,26,28). The van der Waals surface area contributed by atoms with Crippen molar-refractivity contribution < 1.29 is 4.79 Å². The first kappa shape index (κ1) is 20.7. The molecule has 2 aromatic carbocycles. The number of halogens is 1. The zero-order valence-electron chi connectivity index (χ0n) is 16.2. The van der Waals surface area contributed by atoms with Gasteiger partial charge in [0.2, 0.25) is 5.91 Å².